The van der Waals surface area contributed by atoms with E-state index in [0.29, 0.717) is 5.56 Å². The third-order valence-electron chi connectivity index (χ3n) is 3.08. The molecule has 2 atom stereocenters. The van der Waals surface area contributed by atoms with Gasteiger partial charge in [0, 0.05) is 0 Å². The van der Waals surface area contributed by atoms with E-state index in [1.807, 2.05) is 6.07 Å². The van der Waals surface area contributed by atoms with Gasteiger partial charge in [0.25, 0.3) is 0 Å². The molecule has 3 N–H and O–H groups in total. The van der Waals surface area contributed by atoms with E-state index in [9.17, 15) is 9.36 Å². The highest BCUT2D eigenvalue weighted by atomic mass is 31.2. The number of carboxylic acid groups (broad SMARTS) is 1. The first-order valence-electron chi connectivity index (χ1n) is 7.65. The maximum atomic E-state index is 13.4. The summed E-state index contributed by atoms with van der Waals surface area (Å²) >= 11 is 0. The van der Waals surface area contributed by atoms with E-state index in [1.165, 1.54) is 0 Å². The van der Waals surface area contributed by atoms with Gasteiger partial charge in [-0.25, -0.2) is 0 Å². The maximum absolute atomic E-state index is 13.4. The zero-order chi connectivity index (χ0) is 17.6. The van der Waals surface area contributed by atoms with Gasteiger partial charge in [0.05, 0.1) is 17.9 Å². The van der Waals surface area contributed by atoms with Crippen molar-refractivity contribution in [2.45, 2.75) is 58.0 Å². The highest BCUT2D eigenvalue weighted by Gasteiger charge is 2.40. The molecular weight excluding hydrogens is 317 g/mol. The summed E-state index contributed by atoms with van der Waals surface area (Å²) in [6.07, 6.45) is -0.686. The van der Waals surface area contributed by atoms with Gasteiger partial charge in [-0.15, -0.1) is 0 Å². The second-order valence-electron chi connectivity index (χ2n) is 5.96. The SMILES string of the molecule is CC(C)OP(=O)(OC(C)C)[C@@H](CC(N)C(=O)O)c1ccccc1. The normalized spacial score (nSPS) is 14.9. The molecule has 1 aromatic carbocycles. The summed E-state index contributed by atoms with van der Waals surface area (Å²) in [5.74, 6) is -1.15. The third-order valence-corrected chi connectivity index (χ3v) is 5.78. The molecule has 0 saturated heterocycles. The van der Waals surface area contributed by atoms with Crippen molar-refractivity contribution in [2.24, 2.45) is 5.73 Å². The lowest BCUT2D eigenvalue weighted by Crippen LogP contribution is -2.32. The molecule has 0 aromatic heterocycles. The molecule has 0 bridgehead atoms. The fourth-order valence-electron chi connectivity index (χ4n) is 2.22. The van der Waals surface area contributed by atoms with Gasteiger partial charge in [0.2, 0.25) is 0 Å². The van der Waals surface area contributed by atoms with Crippen molar-refractivity contribution < 1.29 is 23.5 Å². The van der Waals surface area contributed by atoms with Crippen LogP contribution >= 0.6 is 7.60 Å². The first-order chi connectivity index (χ1) is 10.7. The van der Waals surface area contributed by atoms with Crippen LogP contribution in [0.1, 0.15) is 45.3 Å². The molecule has 0 aliphatic heterocycles. The number of rotatable bonds is 9. The fourth-order valence-corrected chi connectivity index (χ4v) is 4.77. The summed E-state index contributed by atoms with van der Waals surface area (Å²) in [4.78, 5) is 11.1. The number of hydrogen-bond acceptors (Lipinski definition) is 5. The van der Waals surface area contributed by atoms with Crippen LogP contribution in [0.25, 0.3) is 0 Å². The second-order valence-corrected chi connectivity index (χ2v) is 8.08. The van der Waals surface area contributed by atoms with Gasteiger partial charge >= 0.3 is 13.6 Å². The van der Waals surface area contributed by atoms with Gasteiger partial charge in [-0.05, 0) is 39.7 Å². The second kappa shape index (κ2) is 8.60. The Balaban J connectivity index is 3.27. The van der Waals surface area contributed by atoms with Crippen LogP contribution in [0.2, 0.25) is 0 Å². The third kappa shape index (κ3) is 6.07. The Kier molecular flexibility index (Phi) is 7.42. The smallest absolute Gasteiger partial charge is 0.338 e. The van der Waals surface area contributed by atoms with Crippen molar-refractivity contribution in [2.75, 3.05) is 0 Å². The van der Waals surface area contributed by atoms with E-state index < -0.39 is 25.3 Å². The quantitative estimate of drug-likeness (QED) is 0.665. The predicted molar refractivity (Wildman–Crippen MR) is 89.5 cm³/mol. The highest BCUT2D eigenvalue weighted by molar-refractivity contribution is 7.54. The zero-order valence-electron chi connectivity index (χ0n) is 14.0. The first-order valence-corrected chi connectivity index (χ1v) is 9.26. The van der Waals surface area contributed by atoms with Crippen LogP contribution in [-0.4, -0.2) is 29.3 Å². The number of aliphatic carboxylic acids is 1. The van der Waals surface area contributed by atoms with E-state index in [2.05, 4.69) is 0 Å². The number of hydrogen-bond donors (Lipinski definition) is 2. The molecule has 6 nitrogen and oxygen atoms in total. The van der Waals surface area contributed by atoms with Crippen LogP contribution < -0.4 is 5.73 Å². The molecule has 130 valence electrons. The topological polar surface area (TPSA) is 98.9 Å². The molecule has 0 radical (unpaired) electrons. The molecular formula is C16H26NO5P. The lowest BCUT2D eigenvalue weighted by atomic mass is 10.1. The van der Waals surface area contributed by atoms with Gasteiger partial charge in [0.15, 0.2) is 0 Å². The Morgan fingerprint density at radius 1 is 1.13 bits per heavy atom. The molecule has 1 aromatic rings. The van der Waals surface area contributed by atoms with Gasteiger partial charge in [-0.1, -0.05) is 30.3 Å². The summed E-state index contributed by atoms with van der Waals surface area (Å²) in [7, 11) is -3.60. The molecule has 0 spiro atoms. The summed E-state index contributed by atoms with van der Waals surface area (Å²) in [5, 5.41) is 9.11. The van der Waals surface area contributed by atoms with Gasteiger partial charge in [0.1, 0.15) is 6.04 Å². The van der Waals surface area contributed by atoms with Crippen LogP contribution in [0.15, 0.2) is 30.3 Å². The maximum Gasteiger partial charge on any atom is 0.338 e. The average molecular weight is 343 g/mol. The van der Waals surface area contributed by atoms with Crippen molar-refractivity contribution in [1.82, 2.24) is 0 Å². The molecule has 0 aliphatic carbocycles. The molecule has 0 amide bonds. The van der Waals surface area contributed by atoms with E-state index in [1.54, 1.807) is 52.0 Å². The molecule has 0 saturated carbocycles. The molecule has 7 heteroatoms. The summed E-state index contributed by atoms with van der Waals surface area (Å²) in [6.45, 7) is 7.04. The summed E-state index contributed by atoms with van der Waals surface area (Å²) < 4.78 is 24.7. The van der Waals surface area contributed by atoms with Crippen LogP contribution in [0.3, 0.4) is 0 Å². The molecule has 0 heterocycles. The number of nitrogens with two attached hydrogens (primary N) is 1. The Bertz CT molecular complexity index is 533. The van der Waals surface area contributed by atoms with Crippen LogP contribution in [0.5, 0.6) is 0 Å². The first kappa shape index (κ1) is 19.8. The summed E-state index contributed by atoms with van der Waals surface area (Å²) in [6, 6.07) is 7.82. The standard InChI is InChI=1S/C16H26NO5P/c1-11(2)21-23(20,22-12(3)4)15(10-14(17)16(18)19)13-8-6-5-7-9-13/h5-9,11-12,14-15H,10,17H2,1-4H3,(H,18,19)/t14?,15-/m0/s1. The van der Waals surface area contributed by atoms with Gasteiger partial charge in [-0.2, -0.15) is 0 Å². The Hall–Kier alpha value is -1.20. The lowest BCUT2D eigenvalue weighted by Gasteiger charge is -2.31. The minimum Gasteiger partial charge on any atom is -0.480 e. The lowest BCUT2D eigenvalue weighted by molar-refractivity contribution is -0.138. The predicted octanol–water partition coefficient (Wildman–Crippen LogP) is 3.57. The van der Waals surface area contributed by atoms with E-state index >= 15 is 0 Å². The largest absolute Gasteiger partial charge is 0.480 e. The Labute approximate surface area is 137 Å². The van der Waals surface area contributed by atoms with Crippen LogP contribution in [0, 0.1) is 0 Å². The van der Waals surface area contributed by atoms with Crippen molar-refractivity contribution in [3.63, 3.8) is 0 Å². The summed E-state index contributed by atoms with van der Waals surface area (Å²) in [5.41, 5.74) is 5.63. The zero-order valence-corrected chi connectivity index (χ0v) is 14.9. The fraction of sp³-hybridized carbons (Fsp3) is 0.562. The van der Waals surface area contributed by atoms with Gasteiger partial charge < -0.3 is 19.9 Å². The van der Waals surface area contributed by atoms with Crippen LogP contribution in [-0.2, 0) is 18.4 Å². The van der Waals surface area contributed by atoms with E-state index in [-0.39, 0.29) is 18.6 Å². The number of benzene rings is 1. The highest BCUT2D eigenvalue weighted by Crippen LogP contribution is 2.64. The Morgan fingerprint density at radius 2 is 1.61 bits per heavy atom. The van der Waals surface area contributed by atoms with Crippen molar-refractivity contribution >= 4 is 13.6 Å². The molecule has 1 rings (SSSR count). The van der Waals surface area contributed by atoms with E-state index in [4.69, 9.17) is 19.9 Å². The average Bonchev–Trinajstić information content (AvgIpc) is 2.43. The minimum absolute atomic E-state index is 0.0317. The monoisotopic (exact) mass is 343 g/mol. The number of carboxylic acids is 1. The minimum atomic E-state index is -3.60. The van der Waals surface area contributed by atoms with Crippen molar-refractivity contribution in [3.05, 3.63) is 35.9 Å². The van der Waals surface area contributed by atoms with E-state index in [0.717, 1.165) is 0 Å². The van der Waals surface area contributed by atoms with Crippen LogP contribution in [0.4, 0.5) is 0 Å². The van der Waals surface area contributed by atoms with Gasteiger partial charge in [-0.3, -0.25) is 9.36 Å². The molecule has 0 aliphatic rings. The molecule has 23 heavy (non-hydrogen) atoms. The number of carbonyl (C=O) groups is 1. The molecule has 1 unspecified atom stereocenters. The molecule has 0 fully saturated rings. The Morgan fingerprint density at radius 3 is 2.00 bits per heavy atom. The van der Waals surface area contributed by atoms with Crippen molar-refractivity contribution in [1.29, 1.82) is 0 Å². The van der Waals surface area contributed by atoms with Crippen molar-refractivity contribution in [3.8, 4) is 0 Å².